The maximum atomic E-state index is 12.5. The molecule has 0 unspecified atom stereocenters. The number of amides is 2. The molecule has 2 saturated heterocycles. The third-order valence-corrected chi connectivity index (χ3v) is 6.55. The topological polar surface area (TPSA) is 59.1 Å². The molecule has 0 aliphatic carbocycles. The Morgan fingerprint density at radius 2 is 1.68 bits per heavy atom. The second-order valence-electron chi connectivity index (χ2n) is 8.72. The van der Waals surface area contributed by atoms with E-state index < -0.39 is 0 Å². The molecule has 2 fully saturated rings. The highest BCUT2D eigenvalue weighted by atomic mass is 16.3. The van der Waals surface area contributed by atoms with Crippen molar-refractivity contribution in [2.45, 2.75) is 25.8 Å². The largest absolute Gasteiger partial charge is 0.508 e. The van der Waals surface area contributed by atoms with E-state index in [0.717, 1.165) is 51.4 Å². The van der Waals surface area contributed by atoms with E-state index in [1.54, 1.807) is 12.1 Å². The van der Waals surface area contributed by atoms with E-state index >= 15 is 0 Å². The van der Waals surface area contributed by atoms with E-state index in [2.05, 4.69) is 45.4 Å². The lowest BCUT2D eigenvalue weighted by molar-refractivity contribution is 0.169. The number of phenols is 1. The van der Waals surface area contributed by atoms with Crippen LogP contribution in [0, 0.1) is 5.92 Å². The average Bonchev–Trinajstić information content (AvgIpc) is 2.81. The van der Waals surface area contributed by atoms with E-state index in [0.29, 0.717) is 19.0 Å². The zero-order valence-corrected chi connectivity index (χ0v) is 18.2. The predicted molar refractivity (Wildman–Crippen MR) is 124 cm³/mol. The molecule has 31 heavy (non-hydrogen) atoms. The molecule has 4 rings (SSSR count). The highest BCUT2D eigenvalue weighted by Crippen LogP contribution is 2.22. The Hall–Kier alpha value is -2.73. The van der Waals surface area contributed by atoms with Gasteiger partial charge in [-0.05, 0) is 56.0 Å². The third kappa shape index (κ3) is 6.14. The number of piperazine rings is 1. The maximum Gasteiger partial charge on any atom is 0.317 e. The van der Waals surface area contributed by atoms with Gasteiger partial charge in [-0.3, -0.25) is 4.90 Å². The zero-order valence-electron chi connectivity index (χ0n) is 18.2. The molecule has 0 aromatic heterocycles. The van der Waals surface area contributed by atoms with Crippen LogP contribution in [-0.4, -0.2) is 66.8 Å². The number of carbonyl (C=O) groups excluding carboxylic acids is 1. The lowest BCUT2D eigenvalue weighted by Crippen LogP contribution is -2.52. The first-order valence-corrected chi connectivity index (χ1v) is 11.5. The minimum Gasteiger partial charge on any atom is -0.508 e. The normalized spacial score (nSPS) is 18.2. The monoisotopic (exact) mass is 422 g/mol. The number of urea groups is 1. The van der Waals surface area contributed by atoms with Crippen LogP contribution in [0.3, 0.4) is 0 Å². The van der Waals surface area contributed by atoms with Gasteiger partial charge < -0.3 is 20.2 Å². The Morgan fingerprint density at radius 3 is 2.39 bits per heavy atom. The second kappa shape index (κ2) is 10.5. The van der Waals surface area contributed by atoms with Crippen molar-refractivity contribution < 1.29 is 9.90 Å². The fourth-order valence-electron chi connectivity index (χ4n) is 4.63. The molecule has 2 aromatic rings. The molecular formula is C25H34N4O2. The SMILES string of the molecule is O=C(NCCC1CCN(Cc2ccccc2)CC1)N1CCN(c2cccc(O)c2)CC1. The number of benzene rings is 2. The molecular weight excluding hydrogens is 388 g/mol. The molecule has 2 heterocycles. The number of carbonyl (C=O) groups is 1. The minimum atomic E-state index is 0.0528. The molecule has 2 aromatic carbocycles. The van der Waals surface area contributed by atoms with Crippen molar-refractivity contribution in [3.05, 3.63) is 60.2 Å². The number of piperidine rings is 1. The van der Waals surface area contributed by atoms with Crippen molar-refractivity contribution in [2.75, 3.05) is 50.7 Å². The van der Waals surface area contributed by atoms with Crippen molar-refractivity contribution in [3.63, 3.8) is 0 Å². The van der Waals surface area contributed by atoms with Gasteiger partial charge in [0.05, 0.1) is 0 Å². The maximum absolute atomic E-state index is 12.5. The molecule has 0 saturated carbocycles. The van der Waals surface area contributed by atoms with Crippen LogP contribution in [0.5, 0.6) is 5.75 Å². The van der Waals surface area contributed by atoms with Gasteiger partial charge in [-0.15, -0.1) is 0 Å². The van der Waals surface area contributed by atoms with Gasteiger partial charge in [-0.1, -0.05) is 36.4 Å². The first-order valence-electron chi connectivity index (χ1n) is 11.5. The summed E-state index contributed by atoms with van der Waals surface area (Å²) in [7, 11) is 0. The fourth-order valence-corrected chi connectivity index (χ4v) is 4.63. The number of anilines is 1. The third-order valence-electron chi connectivity index (χ3n) is 6.55. The standard InChI is InChI=1S/C25H34N4O2/c30-24-8-4-7-23(19-24)28-15-17-29(18-16-28)25(31)26-12-9-21-10-13-27(14-11-21)20-22-5-2-1-3-6-22/h1-8,19,21,30H,9-18,20H2,(H,26,31). The van der Waals surface area contributed by atoms with Crippen molar-refractivity contribution in [2.24, 2.45) is 5.92 Å². The number of nitrogens with zero attached hydrogens (tertiary/aromatic N) is 3. The van der Waals surface area contributed by atoms with Gasteiger partial charge in [0, 0.05) is 51.0 Å². The number of likely N-dealkylation sites (tertiary alicyclic amines) is 1. The molecule has 2 aliphatic rings. The first kappa shape index (κ1) is 21.5. The second-order valence-corrected chi connectivity index (χ2v) is 8.72. The van der Waals surface area contributed by atoms with Gasteiger partial charge in [-0.2, -0.15) is 0 Å². The van der Waals surface area contributed by atoms with Gasteiger partial charge in [0.15, 0.2) is 0 Å². The van der Waals surface area contributed by atoms with Crippen LogP contribution in [0.1, 0.15) is 24.8 Å². The van der Waals surface area contributed by atoms with Gasteiger partial charge in [0.1, 0.15) is 5.75 Å². The van der Waals surface area contributed by atoms with Crippen LogP contribution in [-0.2, 0) is 6.54 Å². The number of rotatable bonds is 6. The molecule has 0 spiro atoms. The van der Waals surface area contributed by atoms with Crippen molar-refractivity contribution in [1.82, 2.24) is 15.1 Å². The summed E-state index contributed by atoms with van der Waals surface area (Å²) in [6.07, 6.45) is 3.49. The van der Waals surface area contributed by atoms with E-state index in [1.165, 1.54) is 18.4 Å². The first-order chi connectivity index (χ1) is 15.2. The summed E-state index contributed by atoms with van der Waals surface area (Å²) in [6, 6.07) is 18.1. The lowest BCUT2D eigenvalue weighted by atomic mass is 9.93. The summed E-state index contributed by atoms with van der Waals surface area (Å²) < 4.78 is 0. The molecule has 2 aliphatic heterocycles. The van der Waals surface area contributed by atoms with Gasteiger partial charge in [0.25, 0.3) is 0 Å². The molecule has 0 bridgehead atoms. The Bertz CT molecular complexity index is 828. The van der Waals surface area contributed by atoms with Crippen molar-refractivity contribution in [1.29, 1.82) is 0 Å². The Kier molecular flexibility index (Phi) is 7.30. The summed E-state index contributed by atoms with van der Waals surface area (Å²) in [6.45, 7) is 7.08. The molecule has 6 heteroatoms. The van der Waals surface area contributed by atoms with E-state index in [1.807, 2.05) is 17.0 Å². The number of hydrogen-bond acceptors (Lipinski definition) is 4. The van der Waals surface area contributed by atoms with Gasteiger partial charge in [0.2, 0.25) is 0 Å². The van der Waals surface area contributed by atoms with Crippen LogP contribution in [0.4, 0.5) is 10.5 Å². The van der Waals surface area contributed by atoms with E-state index in [4.69, 9.17) is 0 Å². The Balaban J connectivity index is 1.11. The van der Waals surface area contributed by atoms with E-state index in [-0.39, 0.29) is 11.8 Å². The van der Waals surface area contributed by atoms with Gasteiger partial charge in [-0.25, -0.2) is 4.79 Å². The summed E-state index contributed by atoms with van der Waals surface area (Å²) in [4.78, 5) is 19.2. The summed E-state index contributed by atoms with van der Waals surface area (Å²) >= 11 is 0. The quantitative estimate of drug-likeness (QED) is 0.748. The van der Waals surface area contributed by atoms with Crippen molar-refractivity contribution in [3.8, 4) is 5.75 Å². The zero-order chi connectivity index (χ0) is 21.5. The van der Waals surface area contributed by atoms with Crippen molar-refractivity contribution >= 4 is 11.7 Å². The number of hydrogen-bond donors (Lipinski definition) is 2. The average molecular weight is 423 g/mol. The highest BCUT2D eigenvalue weighted by Gasteiger charge is 2.22. The molecule has 0 atom stereocenters. The van der Waals surface area contributed by atoms with E-state index in [9.17, 15) is 9.90 Å². The van der Waals surface area contributed by atoms with Crippen LogP contribution in [0.25, 0.3) is 0 Å². The van der Waals surface area contributed by atoms with Crippen LogP contribution >= 0.6 is 0 Å². The summed E-state index contributed by atoms with van der Waals surface area (Å²) in [5.74, 6) is 0.985. The molecule has 6 nitrogen and oxygen atoms in total. The van der Waals surface area contributed by atoms with Crippen LogP contribution in [0.15, 0.2) is 54.6 Å². The highest BCUT2D eigenvalue weighted by molar-refractivity contribution is 5.74. The predicted octanol–water partition coefficient (Wildman–Crippen LogP) is 3.53. The van der Waals surface area contributed by atoms with Crippen LogP contribution in [0.2, 0.25) is 0 Å². The summed E-state index contributed by atoms with van der Waals surface area (Å²) in [5, 5.41) is 12.8. The van der Waals surface area contributed by atoms with Crippen LogP contribution < -0.4 is 10.2 Å². The number of aromatic hydroxyl groups is 1. The smallest absolute Gasteiger partial charge is 0.317 e. The number of phenolic OH excluding ortho intramolecular Hbond substituents is 1. The lowest BCUT2D eigenvalue weighted by Gasteiger charge is -2.36. The van der Waals surface area contributed by atoms with Gasteiger partial charge >= 0.3 is 6.03 Å². The Morgan fingerprint density at radius 1 is 0.935 bits per heavy atom. The molecule has 0 radical (unpaired) electrons. The molecule has 2 N–H and O–H groups in total. The number of nitrogens with one attached hydrogen (secondary N) is 1. The summed E-state index contributed by atoms with van der Waals surface area (Å²) in [5.41, 5.74) is 2.40. The molecule has 2 amide bonds. The Labute approximate surface area is 185 Å². The molecule has 166 valence electrons. The fraction of sp³-hybridized carbons (Fsp3) is 0.480. The minimum absolute atomic E-state index is 0.0528.